The second-order valence-electron chi connectivity index (χ2n) is 2.86. The minimum atomic E-state index is 0.307. The summed E-state index contributed by atoms with van der Waals surface area (Å²) < 4.78 is 0. The monoisotopic (exact) mass is 154 g/mol. The molecule has 62 valence electrons. The Hall–Kier alpha value is -1.04. The Labute approximate surface area is 67.6 Å². The van der Waals surface area contributed by atoms with Crippen LogP contribution < -0.4 is 0 Å². The summed E-state index contributed by atoms with van der Waals surface area (Å²) in [6.07, 6.45) is 3.46. The van der Waals surface area contributed by atoms with Crippen molar-refractivity contribution in [2.24, 2.45) is 5.92 Å². The molecular formula is C8H14N2O. The number of carbonyl (C=O) groups excluding carboxylic acids is 1. The third-order valence-electron chi connectivity index (χ3n) is 1.90. The molecule has 1 saturated carbocycles. The van der Waals surface area contributed by atoms with E-state index in [0.717, 1.165) is 12.8 Å². The Morgan fingerprint density at radius 3 is 2.00 bits per heavy atom. The second kappa shape index (κ2) is 4.73. The maximum atomic E-state index is 11.1. The molecule has 0 aromatic carbocycles. The van der Waals surface area contributed by atoms with Crippen molar-refractivity contribution in [3.63, 3.8) is 0 Å². The van der Waals surface area contributed by atoms with Crippen molar-refractivity contribution in [2.75, 3.05) is 14.1 Å². The SMILES string of the molecule is C#N.CN(C)C(=O)C1CCC1. The summed E-state index contributed by atoms with van der Waals surface area (Å²) in [4.78, 5) is 12.7. The minimum Gasteiger partial charge on any atom is -0.349 e. The molecule has 1 rings (SSSR count). The lowest BCUT2D eigenvalue weighted by molar-refractivity contribution is -0.135. The molecule has 11 heavy (non-hydrogen) atoms. The molecule has 0 saturated heterocycles. The predicted octanol–water partition coefficient (Wildman–Crippen LogP) is 1.01. The zero-order valence-corrected chi connectivity index (χ0v) is 7.08. The van der Waals surface area contributed by atoms with Crippen molar-refractivity contribution >= 4 is 5.91 Å². The van der Waals surface area contributed by atoms with Crippen molar-refractivity contribution in [2.45, 2.75) is 19.3 Å². The van der Waals surface area contributed by atoms with E-state index in [-0.39, 0.29) is 0 Å². The molecule has 0 spiro atoms. The summed E-state index contributed by atoms with van der Waals surface area (Å²) in [7, 11) is 3.64. The van der Waals surface area contributed by atoms with Gasteiger partial charge in [0, 0.05) is 26.6 Å². The fourth-order valence-electron chi connectivity index (χ4n) is 1.02. The van der Waals surface area contributed by atoms with E-state index in [2.05, 4.69) is 6.57 Å². The molecule has 0 aliphatic heterocycles. The quantitative estimate of drug-likeness (QED) is 0.566. The molecule has 0 aromatic heterocycles. The lowest BCUT2D eigenvalue weighted by atomic mass is 9.84. The first-order valence-electron chi connectivity index (χ1n) is 3.69. The zero-order valence-electron chi connectivity index (χ0n) is 7.08. The van der Waals surface area contributed by atoms with Gasteiger partial charge in [0.1, 0.15) is 0 Å². The normalized spacial score (nSPS) is 15.6. The van der Waals surface area contributed by atoms with Crippen LogP contribution in [0.15, 0.2) is 0 Å². The van der Waals surface area contributed by atoms with Gasteiger partial charge in [0.05, 0.1) is 0 Å². The standard InChI is InChI=1S/C7H13NO.CHN/c1-8(2)7(9)6-4-3-5-6;1-2/h6H,3-5H2,1-2H3;1H. The van der Waals surface area contributed by atoms with Gasteiger partial charge in [-0.2, -0.15) is 0 Å². The van der Waals surface area contributed by atoms with E-state index in [9.17, 15) is 4.79 Å². The Bertz CT molecular complexity index is 147. The first-order chi connectivity index (χ1) is 5.22. The molecule has 1 amide bonds. The van der Waals surface area contributed by atoms with Gasteiger partial charge in [-0.25, -0.2) is 5.26 Å². The van der Waals surface area contributed by atoms with Crippen LogP contribution in [0.4, 0.5) is 0 Å². The van der Waals surface area contributed by atoms with Crippen LogP contribution in [0.1, 0.15) is 19.3 Å². The number of hydrogen-bond donors (Lipinski definition) is 0. The average molecular weight is 154 g/mol. The number of hydrogen-bond acceptors (Lipinski definition) is 2. The number of rotatable bonds is 1. The van der Waals surface area contributed by atoms with Crippen LogP contribution in [-0.2, 0) is 4.79 Å². The predicted molar refractivity (Wildman–Crippen MR) is 42.7 cm³/mol. The van der Waals surface area contributed by atoms with E-state index < -0.39 is 0 Å². The number of carbonyl (C=O) groups is 1. The average Bonchev–Trinajstić information content (AvgIpc) is 1.88. The highest BCUT2D eigenvalue weighted by Crippen LogP contribution is 2.27. The van der Waals surface area contributed by atoms with Gasteiger partial charge < -0.3 is 4.90 Å². The summed E-state index contributed by atoms with van der Waals surface area (Å²) in [5.74, 6) is 0.668. The summed E-state index contributed by atoms with van der Waals surface area (Å²) in [5.41, 5.74) is 0. The lowest BCUT2D eigenvalue weighted by Gasteiger charge is -2.26. The van der Waals surface area contributed by atoms with Crippen LogP contribution in [0, 0.1) is 17.8 Å². The summed E-state index contributed by atoms with van der Waals surface area (Å²) in [6, 6.07) is 0. The Kier molecular flexibility index (Phi) is 4.28. The lowest BCUT2D eigenvalue weighted by Crippen LogP contribution is -2.33. The van der Waals surface area contributed by atoms with Gasteiger partial charge in [-0.05, 0) is 12.8 Å². The van der Waals surface area contributed by atoms with Crippen molar-refractivity contribution in [1.29, 1.82) is 5.26 Å². The van der Waals surface area contributed by atoms with Crippen LogP contribution in [0.3, 0.4) is 0 Å². The van der Waals surface area contributed by atoms with Gasteiger partial charge in [0.15, 0.2) is 0 Å². The van der Waals surface area contributed by atoms with Crippen molar-refractivity contribution < 1.29 is 4.79 Å². The maximum absolute atomic E-state index is 11.1. The fourth-order valence-corrected chi connectivity index (χ4v) is 1.02. The first-order valence-corrected chi connectivity index (χ1v) is 3.69. The maximum Gasteiger partial charge on any atom is 0.225 e. The van der Waals surface area contributed by atoms with E-state index >= 15 is 0 Å². The zero-order chi connectivity index (χ0) is 8.85. The molecule has 0 bridgehead atoms. The molecule has 0 aromatic rings. The topological polar surface area (TPSA) is 44.1 Å². The molecule has 1 aliphatic rings. The van der Waals surface area contributed by atoms with Gasteiger partial charge in [0.25, 0.3) is 0 Å². The van der Waals surface area contributed by atoms with E-state index in [0.29, 0.717) is 11.8 Å². The van der Waals surface area contributed by atoms with Crippen molar-refractivity contribution in [3.8, 4) is 6.57 Å². The second-order valence-corrected chi connectivity index (χ2v) is 2.86. The van der Waals surface area contributed by atoms with Crippen LogP contribution in [0.5, 0.6) is 0 Å². The van der Waals surface area contributed by atoms with Crippen molar-refractivity contribution in [1.82, 2.24) is 4.90 Å². The Balaban J connectivity index is 0.000000461. The summed E-state index contributed by atoms with van der Waals surface area (Å²) >= 11 is 0. The molecule has 1 aliphatic carbocycles. The van der Waals surface area contributed by atoms with Gasteiger partial charge in [-0.1, -0.05) is 6.42 Å². The van der Waals surface area contributed by atoms with E-state index in [1.807, 2.05) is 14.1 Å². The van der Waals surface area contributed by atoms with Gasteiger partial charge in [-0.3, -0.25) is 4.79 Å². The van der Waals surface area contributed by atoms with Gasteiger partial charge in [-0.15, -0.1) is 0 Å². The number of nitrogens with zero attached hydrogens (tertiary/aromatic N) is 2. The van der Waals surface area contributed by atoms with E-state index in [1.165, 1.54) is 6.42 Å². The highest BCUT2D eigenvalue weighted by atomic mass is 16.2. The summed E-state index contributed by atoms with van der Waals surface area (Å²) in [6.45, 7) is 3.50. The molecule has 0 N–H and O–H groups in total. The Morgan fingerprint density at radius 1 is 1.45 bits per heavy atom. The number of amides is 1. The third kappa shape index (κ3) is 2.58. The summed E-state index contributed by atoms with van der Waals surface area (Å²) in [5, 5.41) is 6.50. The molecule has 0 heterocycles. The van der Waals surface area contributed by atoms with Crippen molar-refractivity contribution in [3.05, 3.63) is 0 Å². The molecule has 0 radical (unpaired) electrons. The van der Waals surface area contributed by atoms with Crippen LogP contribution in [0.2, 0.25) is 0 Å². The Morgan fingerprint density at radius 2 is 1.91 bits per heavy atom. The molecule has 3 nitrogen and oxygen atoms in total. The molecule has 0 atom stereocenters. The fraction of sp³-hybridized carbons (Fsp3) is 0.750. The molecule has 0 unspecified atom stereocenters. The first kappa shape index (κ1) is 9.96. The third-order valence-corrected chi connectivity index (χ3v) is 1.90. The molecular weight excluding hydrogens is 140 g/mol. The van der Waals surface area contributed by atoms with Gasteiger partial charge in [0.2, 0.25) is 5.91 Å². The number of nitriles is 1. The minimum absolute atomic E-state index is 0.307. The molecule has 3 heteroatoms. The largest absolute Gasteiger partial charge is 0.349 e. The van der Waals surface area contributed by atoms with Crippen LogP contribution in [-0.4, -0.2) is 24.9 Å². The molecule has 1 fully saturated rings. The van der Waals surface area contributed by atoms with E-state index in [4.69, 9.17) is 5.26 Å². The van der Waals surface area contributed by atoms with Gasteiger partial charge >= 0.3 is 0 Å². The highest BCUT2D eigenvalue weighted by Gasteiger charge is 2.25. The van der Waals surface area contributed by atoms with Crippen LogP contribution in [0.25, 0.3) is 0 Å². The smallest absolute Gasteiger partial charge is 0.225 e. The van der Waals surface area contributed by atoms with E-state index in [1.54, 1.807) is 4.90 Å². The highest BCUT2D eigenvalue weighted by molar-refractivity contribution is 5.78. The van der Waals surface area contributed by atoms with Crippen LogP contribution >= 0.6 is 0 Å².